The van der Waals surface area contributed by atoms with E-state index in [2.05, 4.69) is 15.3 Å². The SMILES string of the molecule is Cn1c(-c2cccc(NC(=O)c3cccc4c3[nH]c3ccccc34)c2)cnc1C(F)F. The number of anilines is 1. The van der Waals surface area contributed by atoms with Gasteiger partial charge in [0.25, 0.3) is 12.3 Å². The third-order valence-electron chi connectivity index (χ3n) is 5.42. The molecule has 5 rings (SSSR count). The molecule has 2 aromatic heterocycles. The molecule has 0 atom stereocenters. The average Bonchev–Trinajstić information content (AvgIpc) is 3.34. The number of fused-ring (bicyclic) bond motifs is 3. The largest absolute Gasteiger partial charge is 0.354 e. The predicted molar refractivity (Wildman–Crippen MR) is 117 cm³/mol. The molecule has 0 radical (unpaired) electrons. The van der Waals surface area contributed by atoms with Crippen molar-refractivity contribution in [3.63, 3.8) is 0 Å². The highest BCUT2D eigenvalue weighted by Crippen LogP contribution is 2.29. The van der Waals surface area contributed by atoms with Gasteiger partial charge in [-0.2, -0.15) is 0 Å². The fraction of sp³-hybridized carbons (Fsp3) is 0.0833. The summed E-state index contributed by atoms with van der Waals surface area (Å²) < 4.78 is 27.5. The summed E-state index contributed by atoms with van der Waals surface area (Å²) in [6, 6.07) is 20.6. The van der Waals surface area contributed by atoms with E-state index in [9.17, 15) is 13.6 Å². The maximum absolute atomic E-state index is 13.1. The molecular weight excluding hydrogens is 398 g/mol. The molecule has 3 aromatic carbocycles. The first-order valence-corrected chi connectivity index (χ1v) is 9.74. The Morgan fingerprint density at radius 1 is 1.03 bits per heavy atom. The van der Waals surface area contributed by atoms with Crippen LogP contribution in [0.2, 0.25) is 0 Å². The van der Waals surface area contributed by atoms with Crippen LogP contribution in [0.5, 0.6) is 0 Å². The van der Waals surface area contributed by atoms with Crippen molar-refractivity contribution >= 4 is 33.4 Å². The second-order valence-electron chi connectivity index (χ2n) is 7.29. The number of alkyl halides is 2. The van der Waals surface area contributed by atoms with E-state index in [0.29, 0.717) is 22.5 Å². The molecule has 31 heavy (non-hydrogen) atoms. The van der Waals surface area contributed by atoms with Crippen LogP contribution in [-0.4, -0.2) is 20.4 Å². The maximum atomic E-state index is 13.1. The van der Waals surface area contributed by atoms with Crippen LogP contribution < -0.4 is 5.32 Å². The second kappa shape index (κ2) is 7.36. The van der Waals surface area contributed by atoms with Crippen molar-refractivity contribution in [1.82, 2.24) is 14.5 Å². The van der Waals surface area contributed by atoms with Crippen LogP contribution in [0.3, 0.4) is 0 Å². The van der Waals surface area contributed by atoms with Crippen molar-refractivity contribution < 1.29 is 13.6 Å². The molecule has 1 amide bonds. The number of aromatic amines is 1. The number of imidazole rings is 1. The number of aromatic nitrogens is 3. The van der Waals surface area contributed by atoms with E-state index in [1.807, 2.05) is 36.4 Å². The van der Waals surface area contributed by atoms with Gasteiger partial charge in [0.05, 0.1) is 23.0 Å². The highest BCUT2D eigenvalue weighted by atomic mass is 19.3. The predicted octanol–water partition coefficient (Wildman–Crippen LogP) is 5.91. The van der Waals surface area contributed by atoms with Crippen molar-refractivity contribution in [1.29, 1.82) is 0 Å². The lowest BCUT2D eigenvalue weighted by Crippen LogP contribution is -2.12. The number of H-pyrrole nitrogens is 1. The number of rotatable bonds is 4. The van der Waals surface area contributed by atoms with E-state index >= 15 is 0 Å². The zero-order valence-electron chi connectivity index (χ0n) is 16.6. The number of nitrogens with one attached hydrogen (secondary N) is 2. The van der Waals surface area contributed by atoms with Crippen LogP contribution >= 0.6 is 0 Å². The van der Waals surface area contributed by atoms with Gasteiger partial charge in [-0.15, -0.1) is 0 Å². The van der Waals surface area contributed by atoms with E-state index in [0.717, 1.165) is 21.8 Å². The standard InChI is InChI=1S/C24H18F2N4O/c1-30-20(13-27-23(30)22(25)26)14-6-4-7-15(12-14)28-24(31)18-10-5-9-17-16-8-2-3-11-19(16)29-21(17)18/h2-13,22,29H,1H3,(H,28,31). The van der Waals surface area contributed by atoms with Gasteiger partial charge in [0, 0.05) is 34.6 Å². The lowest BCUT2D eigenvalue weighted by atomic mass is 10.1. The Bertz CT molecular complexity index is 1430. The smallest absolute Gasteiger partial charge is 0.295 e. The van der Waals surface area contributed by atoms with Crippen LogP contribution in [0.4, 0.5) is 14.5 Å². The summed E-state index contributed by atoms with van der Waals surface area (Å²) in [7, 11) is 1.55. The third kappa shape index (κ3) is 3.24. The Morgan fingerprint density at radius 3 is 2.61 bits per heavy atom. The maximum Gasteiger partial charge on any atom is 0.295 e. The summed E-state index contributed by atoms with van der Waals surface area (Å²) in [6.45, 7) is 0. The number of benzene rings is 3. The van der Waals surface area contributed by atoms with Gasteiger partial charge in [-0.05, 0) is 24.3 Å². The molecule has 0 spiro atoms. The summed E-state index contributed by atoms with van der Waals surface area (Å²) in [4.78, 5) is 20.2. The molecule has 5 nitrogen and oxygen atoms in total. The summed E-state index contributed by atoms with van der Waals surface area (Å²) in [5, 5.41) is 4.95. The minimum absolute atomic E-state index is 0.257. The fourth-order valence-electron chi connectivity index (χ4n) is 3.91. The van der Waals surface area contributed by atoms with Crippen molar-refractivity contribution in [2.45, 2.75) is 6.43 Å². The van der Waals surface area contributed by atoms with Crippen molar-refractivity contribution in [3.05, 3.63) is 84.3 Å². The molecular formula is C24H18F2N4O. The minimum atomic E-state index is -2.65. The number of hydrogen-bond donors (Lipinski definition) is 2. The Morgan fingerprint density at radius 2 is 1.81 bits per heavy atom. The first kappa shape index (κ1) is 19.0. The number of amides is 1. The quantitative estimate of drug-likeness (QED) is 0.382. The summed E-state index contributed by atoms with van der Waals surface area (Å²) >= 11 is 0. The first-order chi connectivity index (χ1) is 15.0. The van der Waals surface area contributed by atoms with Crippen LogP contribution in [0, 0.1) is 0 Å². The Kier molecular flexibility index (Phi) is 4.51. The zero-order chi connectivity index (χ0) is 21.5. The monoisotopic (exact) mass is 416 g/mol. The Hall–Kier alpha value is -4.00. The van der Waals surface area contributed by atoms with E-state index in [4.69, 9.17) is 0 Å². The van der Waals surface area contributed by atoms with E-state index in [-0.39, 0.29) is 11.7 Å². The molecule has 0 bridgehead atoms. The van der Waals surface area contributed by atoms with Gasteiger partial charge in [0.15, 0.2) is 5.82 Å². The van der Waals surface area contributed by atoms with Gasteiger partial charge in [-0.25, -0.2) is 13.8 Å². The molecule has 0 unspecified atom stereocenters. The van der Waals surface area contributed by atoms with Crippen molar-refractivity contribution in [3.8, 4) is 11.3 Å². The molecule has 5 aromatic rings. The molecule has 7 heteroatoms. The van der Waals surface area contributed by atoms with Crippen molar-refractivity contribution in [2.24, 2.45) is 7.05 Å². The number of halogens is 2. The van der Waals surface area contributed by atoms with E-state index in [1.165, 1.54) is 10.8 Å². The van der Waals surface area contributed by atoms with Gasteiger partial charge < -0.3 is 14.9 Å². The van der Waals surface area contributed by atoms with Crippen molar-refractivity contribution in [2.75, 3.05) is 5.32 Å². The van der Waals surface area contributed by atoms with Crippen LogP contribution in [-0.2, 0) is 7.05 Å². The lowest BCUT2D eigenvalue weighted by molar-refractivity contribution is 0.102. The van der Waals surface area contributed by atoms with Crippen LogP contribution in [0.25, 0.3) is 33.1 Å². The number of hydrogen-bond acceptors (Lipinski definition) is 2. The van der Waals surface area contributed by atoms with Gasteiger partial charge in [0.1, 0.15) is 0 Å². The first-order valence-electron chi connectivity index (χ1n) is 9.74. The molecule has 0 aliphatic carbocycles. The normalized spacial score (nSPS) is 11.5. The number of carbonyl (C=O) groups excluding carboxylic acids is 1. The summed E-state index contributed by atoms with van der Waals surface area (Å²) in [5.74, 6) is -0.553. The van der Waals surface area contributed by atoms with Gasteiger partial charge in [-0.1, -0.05) is 42.5 Å². The average molecular weight is 416 g/mol. The number of nitrogens with zero attached hydrogens (tertiary/aromatic N) is 2. The molecule has 0 fully saturated rings. The van der Waals surface area contributed by atoms with Gasteiger partial charge >= 0.3 is 0 Å². The summed E-state index contributed by atoms with van der Waals surface area (Å²) in [5.41, 5.74) is 4.05. The molecule has 154 valence electrons. The molecule has 2 heterocycles. The minimum Gasteiger partial charge on any atom is -0.354 e. The topological polar surface area (TPSA) is 62.7 Å². The van der Waals surface area contributed by atoms with E-state index < -0.39 is 6.43 Å². The number of para-hydroxylation sites is 2. The molecule has 0 aliphatic rings. The zero-order valence-corrected chi connectivity index (χ0v) is 16.6. The third-order valence-corrected chi connectivity index (χ3v) is 5.42. The van der Waals surface area contributed by atoms with Gasteiger partial charge in [0.2, 0.25) is 0 Å². The lowest BCUT2D eigenvalue weighted by Gasteiger charge is -2.10. The van der Waals surface area contributed by atoms with Gasteiger partial charge in [-0.3, -0.25) is 4.79 Å². The molecule has 2 N–H and O–H groups in total. The van der Waals surface area contributed by atoms with Crippen LogP contribution in [0.15, 0.2) is 72.9 Å². The highest BCUT2D eigenvalue weighted by Gasteiger charge is 2.18. The summed E-state index contributed by atoms with van der Waals surface area (Å²) in [6.07, 6.45) is -1.24. The fourth-order valence-corrected chi connectivity index (χ4v) is 3.91. The highest BCUT2D eigenvalue weighted by molar-refractivity contribution is 6.17. The molecule has 0 saturated carbocycles. The van der Waals surface area contributed by atoms with Crippen LogP contribution in [0.1, 0.15) is 22.6 Å². The Balaban J connectivity index is 1.49. The second-order valence-corrected chi connectivity index (χ2v) is 7.29. The van der Waals surface area contributed by atoms with E-state index in [1.54, 1.807) is 37.4 Å². The molecule has 0 aliphatic heterocycles. The molecule has 0 saturated heterocycles. The number of carbonyl (C=O) groups is 1. The Labute approximate surface area is 176 Å².